The third kappa shape index (κ3) is 4.02. The zero-order valence-corrected chi connectivity index (χ0v) is 15.6. The van der Waals surface area contributed by atoms with E-state index in [1.165, 1.54) is 30.2 Å². The Balaban J connectivity index is 1.67. The van der Waals surface area contributed by atoms with Gasteiger partial charge >= 0.3 is 0 Å². The number of anilines is 1. The predicted molar refractivity (Wildman–Crippen MR) is 110 cm³/mol. The molecule has 4 rings (SSSR count). The van der Waals surface area contributed by atoms with Crippen LogP contribution in [-0.2, 0) is 4.79 Å². The Bertz CT molecular complexity index is 1100. The fraction of sp³-hybridized carbons (Fsp3) is 0.0455. The van der Waals surface area contributed by atoms with Gasteiger partial charge in [0.2, 0.25) is 5.91 Å². The van der Waals surface area contributed by atoms with E-state index in [-0.39, 0.29) is 11.7 Å². The van der Waals surface area contributed by atoms with Gasteiger partial charge in [0.1, 0.15) is 22.4 Å². The maximum Gasteiger partial charge on any atom is 0.242 e. The van der Waals surface area contributed by atoms with Gasteiger partial charge < -0.3 is 5.32 Å². The van der Waals surface area contributed by atoms with Crippen molar-refractivity contribution in [2.75, 3.05) is 5.32 Å². The van der Waals surface area contributed by atoms with E-state index in [2.05, 4.69) is 15.3 Å². The van der Waals surface area contributed by atoms with Gasteiger partial charge in [0.05, 0.1) is 5.52 Å². The minimum atomic E-state index is -0.524. The lowest BCUT2D eigenvalue weighted by Crippen LogP contribution is -2.19. The first-order valence-electron chi connectivity index (χ1n) is 8.68. The van der Waals surface area contributed by atoms with Crippen molar-refractivity contribution in [2.45, 2.75) is 10.3 Å². The molecule has 4 nitrogen and oxygen atoms in total. The molecule has 0 radical (unpaired) electrons. The van der Waals surface area contributed by atoms with E-state index < -0.39 is 5.25 Å². The molecule has 0 saturated carbocycles. The Morgan fingerprint density at radius 3 is 2.39 bits per heavy atom. The van der Waals surface area contributed by atoms with Crippen LogP contribution in [-0.4, -0.2) is 15.9 Å². The van der Waals surface area contributed by atoms with Crippen LogP contribution < -0.4 is 5.32 Å². The second-order valence-corrected chi connectivity index (χ2v) is 7.19. The van der Waals surface area contributed by atoms with Crippen LogP contribution in [0.25, 0.3) is 10.9 Å². The van der Waals surface area contributed by atoms with Crippen LogP contribution in [0.5, 0.6) is 0 Å². The summed E-state index contributed by atoms with van der Waals surface area (Å²) in [6, 6.07) is 22.9. The van der Waals surface area contributed by atoms with Gasteiger partial charge in [-0.25, -0.2) is 14.4 Å². The molecular formula is C22H16FN3OS. The number of nitrogens with one attached hydrogen (secondary N) is 1. The van der Waals surface area contributed by atoms with Gasteiger partial charge in [0, 0.05) is 11.1 Å². The number of hydrogen-bond acceptors (Lipinski definition) is 4. The summed E-state index contributed by atoms with van der Waals surface area (Å²) in [5.74, 6) is -0.551. The van der Waals surface area contributed by atoms with Crippen molar-refractivity contribution in [1.82, 2.24) is 9.97 Å². The Morgan fingerprint density at radius 2 is 1.61 bits per heavy atom. The molecule has 0 bridgehead atoms. The monoisotopic (exact) mass is 389 g/mol. The standard InChI is InChI=1S/C22H16FN3OS/c23-16-10-12-17(13-11-16)26-21(27)20(15-6-2-1-3-7-15)28-22-18-8-4-5-9-19(18)24-14-25-22/h1-14,20H,(H,26,27)/t20-/m0/s1. The molecule has 0 saturated heterocycles. The second-order valence-electron chi connectivity index (χ2n) is 6.10. The number of para-hydroxylation sites is 1. The van der Waals surface area contributed by atoms with Gasteiger partial charge in [-0.2, -0.15) is 0 Å². The summed E-state index contributed by atoms with van der Waals surface area (Å²) < 4.78 is 13.2. The van der Waals surface area contributed by atoms with Crippen LogP contribution in [0.15, 0.2) is 90.2 Å². The lowest BCUT2D eigenvalue weighted by atomic mass is 10.1. The van der Waals surface area contributed by atoms with E-state index in [1.54, 1.807) is 12.1 Å². The molecule has 1 N–H and O–H groups in total. The molecular weight excluding hydrogens is 373 g/mol. The molecule has 4 aromatic rings. The lowest BCUT2D eigenvalue weighted by Gasteiger charge is -2.17. The summed E-state index contributed by atoms with van der Waals surface area (Å²) in [5.41, 5.74) is 2.22. The minimum absolute atomic E-state index is 0.203. The molecule has 0 aliphatic carbocycles. The molecule has 1 aromatic heterocycles. The van der Waals surface area contributed by atoms with Gasteiger partial charge in [0.15, 0.2) is 0 Å². The van der Waals surface area contributed by atoms with Crippen molar-refractivity contribution in [1.29, 1.82) is 0 Å². The number of carbonyl (C=O) groups excluding carboxylic acids is 1. The molecule has 0 aliphatic heterocycles. The smallest absolute Gasteiger partial charge is 0.242 e. The van der Waals surface area contributed by atoms with Crippen LogP contribution in [0.3, 0.4) is 0 Å². The predicted octanol–water partition coefficient (Wildman–Crippen LogP) is 5.24. The van der Waals surface area contributed by atoms with E-state index in [0.717, 1.165) is 21.5 Å². The first kappa shape index (κ1) is 18.1. The Hall–Kier alpha value is -3.25. The molecule has 138 valence electrons. The van der Waals surface area contributed by atoms with E-state index >= 15 is 0 Å². The van der Waals surface area contributed by atoms with Gasteiger partial charge in [-0.05, 0) is 35.9 Å². The number of hydrogen-bond donors (Lipinski definition) is 1. The number of amides is 1. The summed E-state index contributed by atoms with van der Waals surface area (Å²) in [7, 11) is 0. The highest BCUT2D eigenvalue weighted by Gasteiger charge is 2.24. The SMILES string of the molecule is O=C(Nc1ccc(F)cc1)[C@@H](Sc1ncnc2ccccc12)c1ccccc1. The number of fused-ring (bicyclic) bond motifs is 1. The van der Waals surface area contributed by atoms with Crippen LogP contribution in [0.1, 0.15) is 10.8 Å². The maximum absolute atomic E-state index is 13.2. The Kier molecular flexibility index (Phi) is 5.30. The lowest BCUT2D eigenvalue weighted by molar-refractivity contribution is -0.115. The minimum Gasteiger partial charge on any atom is -0.325 e. The topological polar surface area (TPSA) is 54.9 Å². The van der Waals surface area contributed by atoms with Crippen molar-refractivity contribution >= 4 is 34.3 Å². The summed E-state index contributed by atoms with van der Waals surface area (Å²) in [4.78, 5) is 21.7. The highest BCUT2D eigenvalue weighted by molar-refractivity contribution is 8.00. The number of rotatable bonds is 5. The molecule has 1 heterocycles. The van der Waals surface area contributed by atoms with E-state index in [1.807, 2.05) is 54.6 Å². The highest BCUT2D eigenvalue weighted by Crippen LogP contribution is 2.37. The average molecular weight is 389 g/mol. The number of carbonyl (C=O) groups is 1. The van der Waals surface area contributed by atoms with Gasteiger partial charge in [-0.3, -0.25) is 4.79 Å². The molecule has 0 spiro atoms. The number of aromatic nitrogens is 2. The average Bonchev–Trinajstić information content (AvgIpc) is 2.74. The number of thioether (sulfide) groups is 1. The van der Waals surface area contributed by atoms with Crippen LogP contribution in [0, 0.1) is 5.82 Å². The quantitative estimate of drug-likeness (QED) is 0.375. The first-order valence-corrected chi connectivity index (χ1v) is 9.56. The van der Waals surface area contributed by atoms with Crippen LogP contribution in [0.4, 0.5) is 10.1 Å². The molecule has 0 fully saturated rings. The summed E-state index contributed by atoms with van der Waals surface area (Å²) in [5, 5.41) is 3.97. The summed E-state index contributed by atoms with van der Waals surface area (Å²) in [6.45, 7) is 0. The third-order valence-electron chi connectivity index (χ3n) is 4.19. The fourth-order valence-corrected chi connectivity index (χ4v) is 3.92. The summed E-state index contributed by atoms with van der Waals surface area (Å²) >= 11 is 1.36. The molecule has 0 aliphatic rings. The molecule has 1 atom stereocenters. The Morgan fingerprint density at radius 1 is 0.893 bits per heavy atom. The zero-order valence-electron chi connectivity index (χ0n) is 14.7. The number of halogens is 1. The molecule has 3 aromatic carbocycles. The first-order chi connectivity index (χ1) is 13.7. The van der Waals surface area contributed by atoms with Crippen molar-refractivity contribution in [2.24, 2.45) is 0 Å². The van der Waals surface area contributed by atoms with Crippen LogP contribution >= 0.6 is 11.8 Å². The zero-order chi connectivity index (χ0) is 19.3. The molecule has 28 heavy (non-hydrogen) atoms. The van der Waals surface area contributed by atoms with Crippen molar-refractivity contribution in [3.8, 4) is 0 Å². The van der Waals surface area contributed by atoms with Gasteiger partial charge in [-0.1, -0.05) is 60.3 Å². The normalized spacial score (nSPS) is 11.9. The van der Waals surface area contributed by atoms with E-state index in [4.69, 9.17) is 0 Å². The van der Waals surface area contributed by atoms with Crippen molar-refractivity contribution in [3.05, 3.63) is 96.6 Å². The van der Waals surface area contributed by atoms with Crippen LogP contribution in [0.2, 0.25) is 0 Å². The summed E-state index contributed by atoms with van der Waals surface area (Å²) in [6.07, 6.45) is 1.50. The molecule has 6 heteroatoms. The van der Waals surface area contributed by atoms with E-state index in [9.17, 15) is 9.18 Å². The third-order valence-corrected chi connectivity index (χ3v) is 5.46. The fourth-order valence-electron chi connectivity index (χ4n) is 2.83. The largest absolute Gasteiger partial charge is 0.325 e. The van der Waals surface area contributed by atoms with Gasteiger partial charge in [-0.15, -0.1) is 0 Å². The van der Waals surface area contributed by atoms with Crippen molar-refractivity contribution < 1.29 is 9.18 Å². The Labute approximate surface area is 165 Å². The molecule has 1 amide bonds. The van der Waals surface area contributed by atoms with Gasteiger partial charge in [0.25, 0.3) is 0 Å². The van der Waals surface area contributed by atoms with Crippen molar-refractivity contribution in [3.63, 3.8) is 0 Å². The number of nitrogens with zero attached hydrogens (tertiary/aromatic N) is 2. The number of benzene rings is 3. The second kappa shape index (κ2) is 8.19. The highest BCUT2D eigenvalue weighted by atomic mass is 32.2. The maximum atomic E-state index is 13.2. The van der Waals surface area contributed by atoms with E-state index in [0.29, 0.717) is 5.69 Å². The molecule has 0 unspecified atom stereocenters.